The average molecular weight is 1160 g/mol. The number of ether oxygens (including phenoxy) is 5. The molecule has 0 amide bonds. The lowest BCUT2D eigenvalue weighted by atomic mass is 9.67. The third-order valence-electron chi connectivity index (χ3n) is 20.2. The van der Waals surface area contributed by atoms with Crippen LogP contribution in [-0.4, -0.2) is 57.9 Å². The van der Waals surface area contributed by atoms with Crippen molar-refractivity contribution in [2.75, 3.05) is 0 Å². The molecule has 5 aliphatic carbocycles. The van der Waals surface area contributed by atoms with E-state index in [0.717, 1.165) is 152 Å². The summed E-state index contributed by atoms with van der Waals surface area (Å²) < 4.78 is 28.8. The van der Waals surface area contributed by atoms with Crippen LogP contribution in [0.3, 0.4) is 0 Å². The van der Waals surface area contributed by atoms with Gasteiger partial charge in [0.2, 0.25) is 0 Å². The van der Waals surface area contributed by atoms with Crippen LogP contribution in [0, 0.1) is 53.3 Å². The summed E-state index contributed by atoms with van der Waals surface area (Å²) in [5.74, 6) is 4.04. The quantitative estimate of drug-likeness (QED) is 0.0659. The predicted molar refractivity (Wildman–Crippen MR) is 344 cm³/mol. The SMILES string of the molecule is C=C(C)C(=O)OC1(C(C)C)CCC(C)CC1.C=C(C)C(=O)OC1(C(C)CC)CCC(C)CC1.C=C(C)C(=O)OC1(CCC)C(C)CCCC1C.C=C(C)C(=O)OC1(CCCC)CCC(C)CC1.C=CC(=O)OC1(C(C)C)CCC(CC)CC1. The molecule has 0 aromatic carbocycles. The molecule has 83 heavy (non-hydrogen) atoms. The first-order valence-corrected chi connectivity index (χ1v) is 33.2. The third-order valence-corrected chi connectivity index (χ3v) is 20.2. The summed E-state index contributed by atoms with van der Waals surface area (Å²) >= 11 is 0. The topological polar surface area (TPSA) is 132 Å². The van der Waals surface area contributed by atoms with E-state index < -0.39 is 0 Å². The highest BCUT2D eigenvalue weighted by Gasteiger charge is 2.47. The van der Waals surface area contributed by atoms with Crippen LogP contribution in [0.4, 0.5) is 0 Å². The van der Waals surface area contributed by atoms with E-state index >= 15 is 0 Å². The second-order valence-electron chi connectivity index (χ2n) is 27.7. The maximum absolute atomic E-state index is 11.9. The van der Waals surface area contributed by atoms with Crippen LogP contribution in [0.25, 0.3) is 0 Å². The van der Waals surface area contributed by atoms with Crippen molar-refractivity contribution in [3.05, 3.63) is 61.3 Å². The Labute approximate surface area is 509 Å². The highest BCUT2D eigenvalue weighted by Crippen LogP contribution is 2.46. The Bertz CT molecular complexity index is 2030. The van der Waals surface area contributed by atoms with Crippen molar-refractivity contribution in [3.63, 3.8) is 0 Å². The van der Waals surface area contributed by atoms with E-state index in [1.165, 1.54) is 44.6 Å². The van der Waals surface area contributed by atoms with Gasteiger partial charge in [0.1, 0.15) is 28.0 Å². The second kappa shape index (κ2) is 36.9. The van der Waals surface area contributed by atoms with Crippen molar-refractivity contribution in [2.24, 2.45) is 53.3 Å². The van der Waals surface area contributed by atoms with Crippen LogP contribution < -0.4 is 0 Å². The molecule has 478 valence electrons. The summed E-state index contributed by atoms with van der Waals surface area (Å²) in [7, 11) is 0. The Hall–Kier alpha value is -3.95. The van der Waals surface area contributed by atoms with Crippen LogP contribution in [0.1, 0.15) is 292 Å². The molecule has 0 heterocycles. The Balaban J connectivity index is 0.000000519. The minimum absolute atomic E-state index is 0.196. The van der Waals surface area contributed by atoms with Crippen molar-refractivity contribution < 1.29 is 47.7 Å². The molecular formula is C73H126O10. The zero-order chi connectivity index (χ0) is 63.5. The zero-order valence-electron chi connectivity index (χ0n) is 56.8. The molecule has 0 aromatic rings. The Kier molecular flexibility index (Phi) is 34.3. The first-order valence-electron chi connectivity index (χ1n) is 33.2. The molecule has 0 aliphatic heterocycles. The van der Waals surface area contributed by atoms with Gasteiger partial charge in [-0.05, 0) is 222 Å². The number of hydrogen-bond donors (Lipinski definition) is 0. The minimum Gasteiger partial charge on any atom is -0.456 e. The van der Waals surface area contributed by atoms with E-state index in [2.05, 4.69) is 130 Å². The summed E-state index contributed by atoms with van der Waals surface area (Å²) in [6, 6.07) is 0. The maximum Gasteiger partial charge on any atom is 0.333 e. The van der Waals surface area contributed by atoms with Gasteiger partial charge in [0.25, 0.3) is 0 Å². The third kappa shape index (κ3) is 24.4. The number of hydrogen-bond acceptors (Lipinski definition) is 10. The molecular weight excluding hydrogens is 1040 g/mol. The Morgan fingerprint density at radius 3 is 1.19 bits per heavy atom. The van der Waals surface area contributed by atoms with E-state index in [-0.39, 0.29) is 57.9 Å². The van der Waals surface area contributed by atoms with Gasteiger partial charge in [-0.1, -0.05) is 156 Å². The Morgan fingerprint density at radius 1 is 0.470 bits per heavy atom. The minimum atomic E-state index is -0.274. The van der Waals surface area contributed by atoms with Crippen molar-refractivity contribution in [2.45, 2.75) is 320 Å². The first-order chi connectivity index (χ1) is 38.7. The van der Waals surface area contributed by atoms with Gasteiger partial charge in [-0.25, -0.2) is 24.0 Å². The smallest absolute Gasteiger partial charge is 0.333 e. The molecule has 3 unspecified atom stereocenters. The standard InChI is InChI=1S/3C15H26O2.2C14H24O2/c1-6-13(5)15(17-14(16)11(2)3)9-7-12(4)8-10-15;1-6-10-15(17-14(16)11(2)3)12(4)8-7-9-13(15)5;1-5-6-9-15(17-14(16)12(2)3)10-7-13(4)8-11-15;1-10(2)13(15)16-14(11(3)4)8-6-12(5)7-9-14;1-5-12-7-9-14(10-8-12,11(3)4)16-13(15)6-2/h2*12-13H,2,6-10H2,1,3-5H3;13H,2,5-11H2,1,3-4H3;11-12H,1,6-9H2,2-5H3;6,11-12H,2,5,7-10H2,1,3-4H3. The van der Waals surface area contributed by atoms with Gasteiger partial charge < -0.3 is 23.7 Å². The molecule has 0 N–H and O–H groups in total. The summed E-state index contributed by atoms with van der Waals surface area (Å²) in [6.07, 6.45) is 29.8. The number of carbonyl (C=O) groups excluding carboxylic acids is 5. The van der Waals surface area contributed by atoms with Gasteiger partial charge in [0, 0.05) is 28.4 Å². The highest BCUT2D eigenvalue weighted by molar-refractivity contribution is 5.88. The summed E-state index contributed by atoms with van der Waals surface area (Å²) in [5.41, 5.74) is 0.841. The van der Waals surface area contributed by atoms with Crippen LogP contribution in [0.2, 0.25) is 0 Å². The van der Waals surface area contributed by atoms with Gasteiger partial charge in [-0.3, -0.25) is 0 Å². The van der Waals surface area contributed by atoms with E-state index in [1.54, 1.807) is 27.7 Å². The molecule has 10 nitrogen and oxygen atoms in total. The van der Waals surface area contributed by atoms with Gasteiger partial charge in [0.15, 0.2) is 0 Å². The second-order valence-corrected chi connectivity index (χ2v) is 27.7. The summed E-state index contributed by atoms with van der Waals surface area (Å²) in [5, 5.41) is 0. The fourth-order valence-corrected chi connectivity index (χ4v) is 13.1. The molecule has 5 rings (SSSR count). The lowest BCUT2D eigenvalue weighted by Gasteiger charge is -2.46. The van der Waals surface area contributed by atoms with E-state index in [0.29, 0.717) is 51.9 Å². The summed E-state index contributed by atoms with van der Waals surface area (Å²) in [4.78, 5) is 58.5. The van der Waals surface area contributed by atoms with Gasteiger partial charge in [-0.15, -0.1) is 0 Å². The van der Waals surface area contributed by atoms with Gasteiger partial charge >= 0.3 is 29.8 Å². The Morgan fingerprint density at radius 2 is 0.831 bits per heavy atom. The van der Waals surface area contributed by atoms with Crippen LogP contribution in [0.15, 0.2) is 61.3 Å². The predicted octanol–water partition coefficient (Wildman–Crippen LogP) is 19.9. The molecule has 0 spiro atoms. The molecule has 5 saturated carbocycles. The fraction of sp³-hybridized carbons (Fsp3) is 0.795. The van der Waals surface area contributed by atoms with Crippen LogP contribution in [-0.2, 0) is 47.7 Å². The summed E-state index contributed by atoms with van der Waals surface area (Å²) in [6.45, 7) is 55.8. The molecule has 0 aromatic heterocycles. The number of carbonyl (C=O) groups is 5. The van der Waals surface area contributed by atoms with Crippen LogP contribution >= 0.6 is 0 Å². The van der Waals surface area contributed by atoms with Gasteiger partial charge in [0.05, 0.1) is 0 Å². The normalized spacial score (nSPS) is 30.6. The number of esters is 5. The number of unbranched alkanes of at least 4 members (excludes halogenated alkanes) is 1. The van der Waals surface area contributed by atoms with Crippen molar-refractivity contribution in [3.8, 4) is 0 Å². The molecule has 5 fully saturated rings. The van der Waals surface area contributed by atoms with E-state index in [9.17, 15) is 24.0 Å². The number of rotatable bonds is 20. The first kappa shape index (κ1) is 77.1. The van der Waals surface area contributed by atoms with Gasteiger partial charge in [-0.2, -0.15) is 0 Å². The molecule has 0 saturated heterocycles. The average Bonchev–Trinajstić information content (AvgIpc) is 3.44. The maximum atomic E-state index is 11.9. The molecule has 5 aliphatic rings. The molecule has 10 heteroatoms. The zero-order valence-corrected chi connectivity index (χ0v) is 56.8. The lowest BCUT2D eigenvalue weighted by molar-refractivity contribution is -0.176. The van der Waals surface area contributed by atoms with Crippen LogP contribution in [0.5, 0.6) is 0 Å². The molecule has 0 radical (unpaired) electrons. The van der Waals surface area contributed by atoms with Crippen molar-refractivity contribution in [1.82, 2.24) is 0 Å². The monoisotopic (exact) mass is 1160 g/mol. The molecule has 3 atom stereocenters. The van der Waals surface area contributed by atoms with Crippen molar-refractivity contribution in [1.29, 1.82) is 0 Å². The highest BCUT2D eigenvalue weighted by atomic mass is 16.6. The van der Waals surface area contributed by atoms with Crippen molar-refractivity contribution >= 4 is 29.8 Å². The largest absolute Gasteiger partial charge is 0.456 e. The fourth-order valence-electron chi connectivity index (χ4n) is 13.1. The van der Waals surface area contributed by atoms with E-state index in [1.807, 2.05) is 0 Å². The van der Waals surface area contributed by atoms with E-state index in [4.69, 9.17) is 23.7 Å². The molecule has 0 bridgehead atoms. The lowest BCUT2D eigenvalue weighted by Crippen LogP contribution is -2.49.